The molecule has 1 aromatic carbocycles. The van der Waals surface area contributed by atoms with Crippen LogP contribution in [0.4, 0.5) is 5.82 Å². The molecular weight excluding hydrogens is 240 g/mol. The molecule has 1 heterocycles. The molecule has 0 fully saturated rings. The number of ether oxygens (including phenoxy) is 1. The van der Waals surface area contributed by atoms with Crippen LogP contribution in [0.15, 0.2) is 30.3 Å². The zero-order valence-corrected chi connectivity index (χ0v) is 10.8. The van der Waals surface area contributed by atoms with Gasteiger partial charge in [0.2, 0.25) is 0 Å². The summed E-state index contributed by atoms with van der Waals surface area (Å²) < 4.78 is 7.04. The first-order chi connectivity index (χ1) is 9.27. The van der Waals surface area contributed by atoms with Crippen LogP contribution in [0.1, 0.15) is 25.3 Å². The fourth-order valence-corrected chi connectivity index (χ4v) is 1.70. The number of nitriles is 1. The Morgan fingerprint density at radius 2 is 2.11 bits per heavy atom. The summed E-state index contributed by atoms with van der Waals surface area (Å²) in [6, 6.07) is 11.5. The highest BCUT2D eigenvalue weighted by molar-refractivity contribution is 5.58. The summed E-state index contributed by atoms with van der Waals surface area (Å²) in [4.78, 5) is 0. The maximum absolute atomic E-state index is 9.15. The van der Waals surface area contributed by atoms with Gasteiger partial charge in [0.25, 0.3) is 5.88 Å². The maximum atomic E-state index is 9.15. The third kappa shape index (κ3) is 2.68. The van der Waals surface area contributed by atoms with Gasteiger partial charge in [-0.2, -0.15) is 5.26 Å². The largest absolute Gasteiger partial charge is 0.476 e. The van der Waals surface area contributed by atoms with Gasteiger partial charge in [-0.1, -0.05) is 31.5 Å². The van der Waals surface area contributed by atoms with Crippen molar-refractivity contribution < 1.29 is 4.74 Å². The highest BCUT2D eigenvalue weighted by Crippen LogP contribution is 2.25. The summed E-state index contributed by atoms with van der Waals surface area (Å²) in [7, 11) is 0. The minimum absolute atomic E-state index is 0.292. The predicted molar refractivity (Wildman–Crippen MR) is 73.1 cm³/mol. The van der Waals surface area contributed by atoms with E-state index >= 15 is 0 Å². The first kappa shape index (κ1) is 13.0. The molecule has 2 N–H and O–H groups in total. The number of nitrogens with two attached hydrogens (primary N) is 1. The number of hydrogen-bond acceptors (Lipinski definition) is 4. The smallest absolute Gasteiger partial charge is 0.253 e. The molecule has 5 nitrogen and oxygen atoms in total. The number of nitrogens with zero attached hydrogens (tertiary/aromatic N) is 3. The second kappa shape index (κ2) is 5.91. The maximum Gasteiger partial charge on any atom is 0.253 e. The minimum Gasteiger partial charge on any atom is -0.476 e. The number of aromatic nitrogens is 2. The summed E-state index contributed by atoms with van der Waals surface area (Å²) in [6.07, 6.45) is 1.94. The fourth-order valence-electron chi connectivity index (χ4n) is 1.70. The van der Waals surface area contributed by atoms with E-state index in [1.54, 1.807) is 0 Å². The second-order valence-electron chi connectivity index (χ2n) is 4.13. The third-order valence-electron chi connectivity index (χ3n) is 2.74. The Morgan fingerprint density at radius 1 is 1.37 bits per heavy atom. The van der Waals surface area contributed by atoms with Gasteiger partial charge in [-0.05, 0) is 18.6 Å². The van der Waals surface area contributed by atoms with E-state index in [2.05, 4.69) is 12.0 Å². The molecule has 0 unspecified atom stereocenters. The van der Waals surface area contributed by atoms with Gasteiger partial charge < -0.3 is 10.5 Å². The van der Waals surface area contributed by atoms with Crippen LogP contribution in [-0.4, -0.2) is 16.4 Å². The number of unbranched alkanes of at least 4 members (excludes halogenated alkanes) is 1. The summed E-state index contributed by atoms with van der Waals surface area (Å²) in [5, 5.41) is 13.4. The predicted octanol–water partition coefficient (Wildman–Crippen LogP) is 2.51. The molecular formula is C14H16N4O. The van der Waals surface area contributed by atoms with Crippen LogP contribution in [0.25, 0.3) is 5.69 Å². The summed E-state index contributed by atoms with van der Waals surface area (Å²) in [5.41, 5.74) is 7.05. The van der Waals surface area contributed by atoms with Gasteiger partial charge in [0.15, 0.2) is 5.56 Å². The van der Waals surface area contributed by atoms with E-state index in [1.165, 1.54) is 4.68 Å². The number of para-hydroxylation sites is 1. The van der Waals surface area contributed by atoms with E-state index in [-0.39, 0.29) is 0 Å². The van der Waals surface area contributed by atoms with E-state index in [0.717, 1.165) is 18.5 Å². The van der Waals surface area contributed by atoms with E-state index < -0.39 is 0 Å². The van der Waals surface area contributed by atoms with Gasteiger partial charge in [0.05, 0.1) is 12.3 Å². The normalized spacial score (nSPS) is 10.1. The van der Waals surface area contributed by atoms with Crippen molar-refractivity contribution in [2.24, 2.45) is 0 Å². The Balaban J connectivity index is 2.34. The zero-order chi connectivity index (χ0) is 13.7. The molecule has 0 aliphatic heterocycles. The topological polar surface area (TPSA) is 76.9 Å². The van der Waals surface area contributed by atoms with Crippen LogP contribution in [-0.2, 0) is 0 Å². The van der Waals surface area contributed by atoms with E-state index in [1.807, 2.05) is 36.4 Å². The molecule has 0 aliphatic rings. The van der Waals surface area contributed by atoms with Gasteiger partial charge in [-0.15, -0.1) is 5.10 Å². The summed E-state index contributed by atoms with van der Waals surface area (Å²) in [5.74, 6) is 0.609. The lowest BCUT2D eigenvalue weighted by molar-refractivity contribution is 0.295. The van der Waals surface area contributed by atoms with Crippen molar-refractivity contribution in [3.63, 3.8) is 0 Å². The van der Waals surface area contributed by atoms with Crippen LogP contribution in [0, 0.1) is 11.3 Å². The Bertz CT molecular complexity index is 583. The molecule has 0 radical (unpaired) electrons. The van der Waals surface area contributed by atoms with Crippen LogP contribution in [0.3, 0.4) is 0 Å². The molecule has 19 heavy (non-hydrogen) atoms. The van der Waals surface area contributed by atoms with Gasteiger partial charge in [0, 0.05) is 0 Å². The van der Waals surface area contributed by atoms with Crippen molar-refractivity contribution in [1.82, 2.24) is 9.78 Å². The molecule has 0 aliphatic carbocycles. The molecule has 0 saturated heterocycles. The standard InChI is InChI=1S/C14H16N4O/c1-2-3-9-19-14-12(10-15)13(16)18(17-14)11-7-5-4-6-8-11/h4-8H,2-3,9,16H2,1H3. The molecule has 2 rings (SSSR count). The number of hydrogen-bond donors (Lipinski definition) is 1. The minimum atomic E-state index is 0.292. The molecule has 98 valence electrons. The first-order valence-electron chi connectivity index (χ1n) is 6.24. The van der Waals surface area contributed by atoms with Crippen molar-refractivity contribution in [2.75, 3.05) is 12.3 Å². The molecule has 0 bridgehead atoms. The molecule has 1 aromatic heterocycles. The number of nitrogen functional groups attached to an aromatic ring is 1. The molecule has 0 amide bonds. The van der Waals surface area contributed by atoms with Gasteiger partial charge in [-0.3, -0.25) is 0 Å². The number of benzene rings is 1. The molecule has 2 aromatic rings. The van der Waals surface area contributed by atoms with Crippen LogP contribution >= 0.6 is 0 Å². The summed E-state index contributed by atoms with van der Waals surface area (Å²) >= 11 is 0. The van der Waals surface area contributed by atoms with Crippen molar-refractivity contribution in [2.45, 2.75) is 19.8 Å². The Hall–Kier alpha value is -2.48. The Kier molecular flexibility index (Phi) is 4.04. The lowest BCUT2D eigenvalue weighted by Crippen LogP contribution is -2.02. The number of anilines is 1. The van der Waals surface area contributed by atoms with Crippen LogP contribution < -0.4 is 10.5 Å². The fraction of sp³-hybridized carbons (Fsp3) is 0.286. The van der Waals surface area contributed by atoms with Crippen molar-refractivity contribution >= 4 is 5.82 Å². The third-order valence-corrected chi connectivity index (χ3v) is 2.74. The Morgan fingerprint density at radius 3 is 2.74 bits per heavy atom. The Labute approximate surface area is 112 Å². The van der Waals surface area contributed by atoms with E-state index in [9.17, 15) is 0 Å². The molecule has 0 atom stereocenters. The van der Waals surface area contributed by atoms with Crippen LogP contribution in [0.5, 0.6) is 5.88 Å². The van der Waals surface area contributed by atoms with Crippen molar-refractivity contribution in [1.29, 1.82) is 5.26 Å². The molecule has 5 heteroatoms. The van der Waals surface area contributed by atoms with E-state index in [4.69, 9.17) is 15.7 Å². The SMILES string of the molecule is CCCCOc1nn(-c2ccccc2)c(N)c1C#N. The van der Waals surface area contributed by atoms with Crippen molar-refractivity contribution in [3.05, 3.63) is 35.9 Å². The average molecular weight is 256 g/mol. The highest BCUT2D eigenvalue weighted by atomic mass is 16.5. The highest BCUT2D eigenvalue weighted by Gasteiger charge is 2.17. The van der Waals surface area contributed by atoms with Gasteiger partial charge in [-0.25, -0.2) is 4.68 Å². The average Bonchev–Trinajstić information content (AvgIpc) is 2.76. The zero-order valence-electron chi connectivity index (χ0n) is 10.8. The first-order valence-corrected chi connectivity index (χ1v) is 6.24. The lowest BCUT2D eigenvalue weighted by atomic mass is 10.3. The van der Waals surface area contributed by atoms with Crippen molar-refractivity contribution in [3.8, 4) is 17.6 Å². The van der Waals surface area contributed by atoms with Crippen LogP contribution in [0.2, 0.25) is 0 Å². The quantitative estimate of drug-likeness (QED) is 0.834. The summed E-state index contributed by atoms with van der Waals surface area (Å²) in [6.45, 7) is 2.61. The lowest BCUT2D eigenvalue weighted by Gasteiger charge is -2.02. The van der Waals surface area contributed by atoms with E-state index in [0.29, 0.717) is 23.9 Å². The monoisotopic (exact) mass is 256 g/mol. The van der Waals surface area contributed by atoms with Gasteiger partial charge >= 0.3 is 0 Å². The second-order valence-corrected chi connectivity index (χ2v) is 4.13. The molecule has 0 saturated carbocycles. The van der Waals surface area contributed by atoms with Gasteiger partial charge in [0.1, 0.15) is 11.9 Å². The molecule has 0 spiro atoms. The number of rotatable bonds is 5.